The van der Waals surface area contributed by atoms with Crippen LogP contribution in [-0.2, 0) is 0 Å². The third kappa shape index (κ3) is 1.43. The second-order valence-corrected chi connectivity index (χ2v) is 6.23. The van der Waals surface area contributed by atoms with Crippen molar-refractivity contribution in [2.75, 3.05) is 0 Å². The maximum absolute atomic E-state index is 14.8. The number of halogens is 2. The van der Waals surface area contributed by atoms with Gasteiger partial charge in [0.1, 0.15) is 11.5 Å². The van der Waals surface area contributed by atoms with Crippen LogP contribution in [0.2, 0.25) is 0 Å². The molecule has 1 heterocycles. The van der Waals surface area contributed by atoms with Gasteiger partial charge >= 0.3 is 0 Å². The number of allylic oxidation sites excluding steroid dienone is 3. The zero-order valence-electron chi connectivity index (χ0n) is 10.6. The molecule has 0 bridgehead atoms. The Balaban J connectivity index is 2.20. The van der Waals surface area contributed by atoms with Gasteiger partial charge in [0.05, 0.1) is 10.1 Å². The quantitative estimate of drug-likeness (QED) is 0.655. The smallest absolute Gasteiger partial charge is 0.145 e. The molecule has 0 saturated carbocycles. The Hall–Kier alpha value is -1.09. The van der Waals surface area contributed by atoms with E-state index in [0.29, 0.717) is 16.0 Å². The van der Waals surface area contributed by atoms with E-state index in [1.54, 1.807) is 32.9 Å². The molecule has 0 saturated heterocycles. The Labute approximate surface area is 110 Å². The lowest BCUT2D eigenvalue weighted by Gasteiger charge is -2.31. The molecule has 2 aliphatic rings. The molecule has 1 aliphatic carbocycles. The Morgan fingerprint density at radius 1 is 1.22 bits per heavy atom. The highest BCUT2D eigenvalue weighted by Gasteiger charge is 2.46. The maximum Gasteiger partial charge on any atom is 0.145 e. The summed E-state index contributed by atoms with van der Waals surface area (Å²) in [6, 6.07) is 3.66. The van der Waals surface area contributed by atoms with Crippen LogP contribution in [0.1, 0.15) is 25.0 Å². The summed E-state index contributed by atoms with van der Waals surface area (Å²) in [5.74, 6) is -0.207. The Bertz CT molecular complexity index is 597. The predicted molar refractivity (Wildman–Crippen MR) is 72.0 cm³/mol. The van der Waals surface area contributed by atoms with Crippen LogP contribution in [0.15, 0.2) is 34.8 Å². The van der Waals surface area contributed by atoms with E-state index in [1.165, 1.54) is 11.8 Å². The first-order chi connectivity index (χ1) is 8.43. The summed E-state index contributed by atoms with van der Waals surface area (Å²) in [6.07, 6.45) is 3.73. The van der Waals surface area contributed by atoms with E-state index in [0.717, 1.165) is 11.1 Å². The number of fused-ring (bicyclic) bond motifs is 3. The van der Waals surface area contributed by atoms with Crippen LogP contribution in [0.4, 0.5) is 8.78 Å². The number of aryl methyl sites for hydroxylation is 1. The number of rotatable bonds is 0. The summed E-state index contributed by atoms with van der Waals surface area (Å²) >= 11 is 1.31. The molecule has 1 aromatic rings. The highest BCUT2D eigenvalue weighted by molar-refractivity contribution is 8.01. The van der Waals surface area contributed by atoms with Crippen molar-refractivity contribution in [3.05, 3.63) is 46.8 Å². The fraction of sp³-hybridized carbons (Fsp3) is 0.333. The van der Waals surface area contributed by atoms with Gasteiger partial charge in [-0.2, -0.15) is 0 Å². The molecule has 0 aromatic heterocycles. The van der Waals surface area contributed by atoms with Gasteiger partial charge in [-0.15, -0.1) is 11.8 Å². The summed E-state index contributed by atoms with van der Waals surface area (Å²) in [4.78, 5) is 0.596. The summed E-state index contributed by atoms with van der Waals surface area (Å²) < 4.78 is 28.9. The Kier molecular flexibility index (Phi) is 2.46. The number of hydrogen-bond donors (Lipinski definition) is 0. The van der Waals surface area contributed by atoms with E-state index in [2.05, 4.69) is 0 Å². The van der Waals surface area contributed by atoms with Gasteiger partial charge in [0.25, 0.3) is 0 Å². The van der Waals surface area contributed by atoms with Crippen molar-refractivity contribution in [3.8, 4) is 0 Å². The molecule has 1 aromatic carbocycles. The largest absolute Gasteiger partial charge is 0.238 e. The summed E-state index contributed by atoms with van der Waals surface area (Å²) in [5.41, 5.74) is 1.67. The predicted octanol–water partition coefficient (Wildman–Crippen LogP) is 4.68. The van der Waals surface area contributed by atoms with Gasteiger partial charge in [0.2, 0.25) is 0 Å². The van der Waals surface area contributed by atoms with Crippen LogP contribution < -0.4 is 0 Å². The van der Waals surface area contributed by atoms with E-state index in [-0.39, 0.29) is 11.1 Å². The van der Waals surface area contributed by atoms with Gasteiger partial charge in [-0.05, 0) is 43.0 Å². The second-order valence-electron chi connectivity index (χ2n) is 5.12. The minimum Gasteiger partial charge on any atom is -0.238 e. The van der Waals surface area contributed by atoms with E-state index in [4.69, 9.17) is 0 Å². The van der Waals surface area contributed by atoms with Crippen LogP contribution in [0.5, 0.6) is 0 Å². The third-order valence-electron chi connectivity index (χ3n) is 3.90. The second kappa shape index (κ2) is 3.70. The molecule has 2 unspecified atom stereocenters. The maximum atomic E-state index is 14.8. The van der Waals surface area contributed by atoms with Crippen LogP contribution in [0, 0.1) is 12.7 Å². The van der Waals surface area contributed by atoms with Gasteiger partial charge in [-0.25, -0.2) is 8.78 Å². The Morgan fingerprint density at radius 3 is 2.67 bits per heavy atom. The van der Waals surface area contributed by atoms with Gasteiger partial charge < -0.3 is 0 Å². The summed E-state index contributed by atoms with van der Waals surface area (Å²) in [6.45, 7) is 5.11. The lowest BCUT2D eigenvalue weighted by atomic mass is 9.83. The molecule has 94 valence electrons. The normalized spacial score (nSPS) is 29.5. The van der Waals surface area contributed by atoms with E-state index in [9.17, 15) is 8.78 Å². The first-order valence-corrected chi connectivity index (χ1v) is 6.85. The SMILES string of the molecule is CC1=CC=C2c3ccc(C)c(F)c3SC2C1(C)F. The minimum absolute atomic E-state index is 0.207. The number of alkyl halides is 1. The number of benzene rings is 1. The van der Waals surface area contributed by atoms with E-state index in [1.807, 2.05) is 12.1 Å². The van der Waals surface area contributed by atoms with Crippen LogP contribution >= 0.6 is 11.8 Å². The van der Waals surface area contributed by atoms with Gasteiger partial charge in [0, 0.05) is 0 Å². The molecule has 0 amide bonds. The topological polar surface area (TPSA) is 0 Å². The molecular weight excluding hydrogens is 250 g/mol. The van der Waals surface area contributed by atoms with Gasteiger partial charge in [-0.3, -0.25) is 0 Å². The van der Waals surface area contributed by atoms with E-state index >= 15 is 0 Å². The first-order valence-electron chi connectivity index (χ1n) is 5.97. The van der Waals surface area contributed by atoms with Crippen LogP contribution in [-0.4, -0.2) is 10.9 Å². The molecule has 18 heavy (non-hydrogen) atoms. The molecule has 0 N–H and O–H groups in total. The summed E-state index contributed by atoms with van der Waals surface area (Å²) in [7, 11) is 0. The van der Waals surface area contributed by atoms with Crippen molar-refractivity contribution >= 4 is 17.3 Å². The average molecular weight is 264 g/mol. The average Bonchev–Trinajstić information content (AvgIpc) is 2.70. The minimum atomic E-state index is -1.41. The fourth-order valence-electron chi connectivity index (χ4n) is 2.48. The van der Waals surface area contributed by atoms with Gasteiger partial charge in [-0.1, -0.05) is 24.3 Å². The molecule has 2 atom stereocenters. The molecule has 3 heteroatoms. The van der Waals surface area contributed by atoms with Crippen LogP contribution in [0.25, 0.3) is 5.57 Å². The number of hydrogen-bond acceptors (Lipinski definition) is 1. The highest BCUT2D eigenvalue weighted by Crippen LogP contribution is 2.54. The van der Waals surface area contributed by atoms with Crippen molar-refractivity contribution in [2.24, 2.45) is 0 Å². The first kappa shape index (κ1) is 12.0. The molecule has 3 rings (SSSR count). The molecule has 0 nitrogen and oxygen atoms in total. The van der Waals surface area contributed by atoms with Crippen molar-refractivity contribution < 1.29 is 8.78 Å². The van der Waals surface area contributed by atoms with Crippen molar-refractivity contribution in [1.82, 2.24) is 0 Å². The molecule has 0 fully saturated rings. The lowest BCUT2D eigenvalue weighted by molar-refractivity contribution is 0.252. The monoisotopic (exact) mass is 264 g/mol. The van der Waals surface area contributed by atoms with Crippen LogP contribution in [0.3, 0.4) is 0 Å². The number of thioether (sulfide) groups is 1. The highest BCUT2D eigenvalue weighted by atomic mass is 32.2. The zero-order valence-corrected chi connectivity index (χ0v) is 11.4. The Morgan fingerprint density at radius 2 is 1.94 bits per heavy atom. The van der Waals surface area contributed by atoms with Crippen molar-refractivity contribution in [2.45, 2.75) is 36.6 Å². The molecule has 1 aliphatic heterocycles. The van der Waals surface area contributed by atoms with Crippen molar-refractivity contribution in [3.63, 3.8) is 0 Å². The molecular formula is C15H14F2S. The fourth-order valence-corrected chi connectivity index (χ4v) is 4.04. The lowest BCUT2D eigenvalue weighted by Crippen LogP contribution is -2.34. The van der Waals surface area contributed by atoms with E-state index < -0.39 is 5.67 Å². The van der Waals surface area contributed by atoms with Crippen molar-refractivity contribution in [1.29, 1.82) is 0 Å². The third-order valence-corrected chi connectivity index (χ3v) is 5.46. The zero-order chi connectivity index (χ0) is 13.1. The standard InChI is InChI=1S/C15H14F2S/c1-8-4-6-10-11-7-5-9(2)15(3,17)14(11)18-13(10)12(8)16/h4-7,14H,1-3H3. The molecule has 0 radical (unpaired) electrons. The van der Waals surface area contributed by atoms with Gasteiger partial charge in [0.15, 0.2) is 0 Å². The molecule has 0 spiro atoms. The summed E-state index contributed by atoms with van der Waals surface area (Å²) in [5, 5.41) is -0.325.